The maximum atomic E-state index is 13.3. The summed E-state index contributed by atoms with van der Waals surface area (Å²) in [6, 6.07) is 10.4. The number of rotatable bonds is 7. The van der Waals surface area contributed by atoms with Gasteiger partial charge in [0.05, 0.1) is 11.4 Å². The molecule has 2 fully saturated rings. The zero-order valence-corrected chi connectivity index (χ0v) is 28.0. The van der Waals surface area contributed by atoms with Crippen LogP contribution in [-0.2, 0) is 8.85 Å². The van der Waals surface area contributed by atoms with Crippen molar-refractivity contribution in [2.75, 3.05) is 11.9 Å². The van der Waals surface area contributed by atoms with Gasteiger partial charge in [0.15, 0.2) is 0 Å². The van der Waals surface area contributed by atoms with Gasteiger partial charge in [-0.2, -0.15) is 4.98 Å². The number of aliphatic hydroxyl groups is 1. The van der Waals surface area contributed by atoms with Gasteiger partial charge in [-0.1, -0.05) is 73.6 Å². The quantitative estimate of drug-likeness (QED) is 0.381. The molecular weight excluding hydrogens is 559 g/mol. The molecule has 0 bridgehead atoms. The molecule has 0 unspecified atom stereocenters. The SMILES string of the molecule is CC(C)[Si]1(C(C)C)OC[C@H]2S[C@@H](n3ccc(NC(=O)c4ccccc4)nc3=O)[C@@](C)(O)[C@@H]2O[Si]1(C(C)C)C(C)C. The molecule has 40 heavy (non-hydrogen) atoms. The minimum atomic E-state index is -2.58. The molecule has 1 aromatic heterocycles. The Labute approximate surface area is 244 Å². The van der Waals surface area contributed by atoms with E-state index in [0.29, 0.717) is 34.3 Å². The van der Waals surface area contributed by atoms with Crippen LogP contribution in [0.5, 0.6) is 0 Å². The Balaban J connectivity index is 1.68. The Bertz CT molecular complexity index is 1250. The monoisotopic (exact) mass is 603 g/mol. The molecule has 2 saturated heterocycles. The first kappa shape index (κ1) is 31.2. The van der Waals surface area contributed by atoms with Gasteiger partial charge in [-0.3, -0.25) is 9.36 Å². The molecule has 220 valence electrons. The Morgan fingerprint density at radius 3 is 2.12 bits per heavy atom. The second-order valence-electron chi connectivity index (χ2n) is 12.6. The standard InChI is InChI=1S/C29H45N3O5SSi2/c1-18(2)39(19(3)4)36-17-23-25(37-40(39,20(5)6)21(7)8)29(9,35)27(38-23)32-16-15-24(31-28(32)34)30-26(33)22-13-11-10-12-14-22/h10-16,18-21,23,25,27,35H,17H2,1-9H3,(H,30,31,33,34)/t23-,25-,27-,29+/m1/s1. The van der Waals surface area contributed by atoms with Crippen LogP contribution in [0.1, 0.15) is 78.0 Å². The number of benzene rings is 1. The van der Waals surface area contributed by atoms with Gasteiger partial charge in [-0.15, -0.1) is 11.8 Å². The van der Waals surface area contributed by atoms with Gasteiger partial charge in [0.1, 0.15) is 16.8 Å². The molecule has 2 aromatic rings. The largest absolute Gasteiger partial charge is 0.415 e. The third-order valence-electron chi connectivity index (χ3n) is 8.93. The van der Waals surface area contributed by atoms with Crippen LogP contribution in [0, 0.1) is 0 Å². The van der Waals surface area contributed by atoms with Gasteiger partial charge in [0, 0.05) is 18.4 Å². The van der Waals surface area contributed by atoms with E-state index in [1.54, 1.807) is 43.5 Å². The molecule has 0 spiro atoms. The molecular formula is C29H45N3O5SSi2. The van der Waals surface area contributed by atoms with Crippen molar-refractivity contribution in [3.05, 3.63) is 58.6 Å². The molecule has 1 aromatic carbocycles. The van der Waals surface area contributed by atoms with Gasteiger partial charge in [-0.25, -0.2) is 4.79 Å². The average molecular weight is 604 g/mol. The van der Waals surface area contributed by atoms with Crippen LogP contribution in [-0.4, -0.2) is 59.8 Å². The lowest BCUT2D eigenvalue weighted by Gasteiger charge is -2.55. The van der Waals surface area contributed by atoms with E-state index in [9.17, 15) is 14.7 Å². The number of carbonyl (C=O) groups excluding carboxylic acids is 1. The zero-order valence-electron chi connectivity index (χ0n) is 25.2. The van der Waals surface area contributed by atoms with Crippen LogP contribution in [0.3, 0.4) is 0 Å². The van der Waals surface area contributed by atoms with Crippen LogP contribution in [0.25, 0.3) is 0 Å². The first-order chi connectivity index (χ1) is 18.7. The van der Waals surface area contributed by atoms with Crippen molar-refractivity contribution in [2.45, 2.75) is 107 Å². The summed E-state index contributed by atoms with van der Waals surface area (Å²) in [5, 5.41) is 14.1. The van der Waals surface area contributed by atoms with E-state index in [-0.39, 0.29) is 17.0 Å². The van der Waals surface area contributed by atoms with Gasteiger partial charge in [0.25, 0.3) is 5.91 Å². The molecule has 8 nitrogen and oxygen atoms in total. The normalized spacial score (nSPS) is 27.7. The van der Waals surface area contributed by atoms with Crippen LogP contribution < -0.4 is 11.0 Å². The van der Waals surface area contributed by atoms with Crippen LogP contribution in [0.2, 0.25) is 22.2 Å². The lowest BCUT2D eigenvalue weighted by molar-refractivity contribution is -0.0570. The Kier molecular flexibility index (Phi) is 8.95. The number of nitrogens with one attached hydrogen (secondary N) is 1. The van der Waals surface area contributed by atoms with E-state index >= 15 is 0 Å². The molecule has 2 aliphatic heterocycles. The fraction of sp³-hybridized carbons (Fsp3) is 0.621. The molecule has 2 N–H and O–H groups in total. The van der Waals surface area contributed by atoms with E-state index in [1.165, 1.54) is 16.3 Å². The summed E-state index contributed by atoms with van der Waals surface area (Å²) in [5.74, 6) is -0.172. The third-order valence-corrected chi connectivity index (χ3v) is 31.4. The number of hydrogen-bond donors (Lipinski definition) is 2. The van der Waals surface area contributed by atoms with Gasteiger partial charge in [-0.05, 0) is 47.3 Å². The predicted octanol–water partition coefficient (Wildman–Crippen LogP) is 5.89. The van der Waals surface area contributed by atoms with Crippen molar-refractivity contribution in [2.24, 2.45) is 0 Å². The molecule has 11 heteroatoms. The number of thioether (sulfide) groups is 1. The van der Waals surface area contributed by atoms with Crippen molar-refractivity contribution in [1.29, 1.82) is 0 Å². The summed E-state index contributed by atoms with van der Waals surface area (Å²) in [4.78, 5) is 29.9. The topological polar surface area (TPSA) is 103 Å². The van der Waals surface area contributed by atoms with Gasteiger partial charge >= 0.3 is 5.69 Å². The van der Waals surface area contributed by atoms with Crippen LogP contribution >= 0.6 is 11.8 Å². The number of fused-ring (bicyclic) bond motifs is 1. The fourth-order valence-corrected chi connectivity index (χ4v) is 31.1. The zero-order chi connectivity index (χ0) is 29.6. The molecule has 1 amide bonds. The summed E-state index contributed by atoms with van der Waals surface area (Å²) in [7, 11) is -4.99. The third kappa shape index (κ3) is 4.96. The van der Waals surface area contributed by atoms with Crippen molar-refractivity contribution in [3.8, 4) is 0 Å². The number of nitrogens with zero attached hydrogens (tertiary/aromatic N) is 2. The Morgan fingerprint density at radius 1 is 1.02 bits per heavy atom. The van der Waals surface area contributed by atoms with E-state index in [0.717, 1.165) is 0 Å². The summed E-state index contributed by atoms with van der Waals surface area (Å²) in [6.07, 6.45) is 1.13. The molecule has 0 saturated carbocycles. The van der Waals surface area contributed by atoms with Crippen LogP contribution in [0.15, 0.2) is 47.4 Å². The number of aromatic nitrogens is 2. The van der Waals surface area contributed by atoms with Crippen molar-refractivity contribution in [3.63, 3.8) is 0 Å². The molecule has 0 radical (unpaired) electrons. The van der Waals surface area contributed by atoms with E-state index in [4.69, 9.17) is 8.85 Å². The molecule has 3 heterocycles. The number of carbonyl (C=O) groups is 1. The number of amides is 1. The number of hydrogen-bond acceptors (Lipinski definition) is 7. The predicted molar refractivity (Wildman–Crippen MR) is 167 cm³/mol. The molecule has 2 aliphatic rings. The minimum Gasteiger partial charge on any atom is -0.415 e. The Morgan fingerprint density at radius 2 is 1.60 bits per heavy atom. The highest BCUT2D eigenvalue weighted by Gasteiger charge is 2.70. The second-order valence-corrected chi connectivity index (χ2v) is 27.0. The first-order valence-electron chi connectivity index (χ1n) is 14.3. The van der Waals surface area contributed by atoms with Crippen molar-refractivity contribution < 1.29 is 18.8 Å². The van der Waals surface area contributed by atoms with Crippen molar-refractivity contribution in [1.82, 2.24) is 9.55 Å². The van der Waals surface area contributed by atoms with Gasteiger partial charge < -0.3 is 19.3 Å². The maximum absolute atomic E-state index is 13.3. The molecule has 4 atom stereocenters. The highest BCUT2D eigenvalue weighted by atomic mass is 32.2. The molecule has 0 aliphatic carbocycles. The summed E-state index contributed by atoms with van der Waals surface area (Å²) in [6.45, 7) is 20.5. The smallest absolute Gasteiger partial charge is 0.350 e. The highest BCUT2D eigenvalue weighted by Crippen LogP contribution is 2.58. The lowest BCUT2D eigenvalue weighted by atomic mass is 9.96. The lowest BCUT2D eigenvalue weighted by Crippen LogP contribution is -2.73. The Hall–Kier alpha value is -1.77. The summed E-state index contributed by atoms with van der Waals surface area (Å²) >= 11 is 1.53. The minimum absolute atomic E-state index is 0.124. The molecule has 4 rings (SSSR count). The number of anilines is 1. The average Bonchev–Trinajstić information content (AvgIpc) is 3.02. The second kappa shape index (κ2) is 11.5. The van der Waals surface area contributed by atoms with E-state index in [2.05, 4.69) is 65.7 Å². The van der Waals surface area contributed by atoms with E-state index < -0.39 is 38.4 Å². The van der Waals surface area contributed by atoms with E-state index in [1.807, 2.05) is 6.07 Å². The highest BCUT2D eigenvalue weighted by molar-refractivity contribution is 8.00. The maximum Gasteiger partial charge on any atom is 0.350 e. The van der Waals surface area contributed by atoms with Crippen molar-refractivity contribution >= 4 is 39.2 Å². The van der Waals surface area contributed by atoms with Crippen LogP contribution in [0.4, 0.5) is 5.82 Å². The summed E-state index contributed by atoms with van der Waals surface area (Å²) in [5.41, 5.74) is -0.0351. The fourth-order valence-electron chi connectivity index (χ4n) is 7.38. The van der Waals surface area contributed by atoms with Gasteiger partial charge in [0.2, 0.25) is 15.7 Å². The summed E-state index contributed by atoms with van der Waals surface area (Å²) < 4.78 is 16.1. The first-order valence-corrected chi connectivity index (χ1v) is 20.4.